The van der Waals surface area contributed by atoms with Crippen molar-refractivity contribution in [1.82, 2.24) is 0 Å². The van der Waals surface area contributed by atoms with E-state index < -0.39 is 25.5 Å². The SMILES string of the molecule is C=C(C)CC(Nc1ccccc1OC)(C(F)(F)F)P(=O)(OCC)OCC. The predicted octanol–water partition coefficient (Wildman–Crippen LogP) is 5.60. The Morgan fingerprint density at radius 3 is 2.15 bits per heavy atom. The Bertz CT molecular complexity index is 656. The number of para-hydroxylation sites is 2. The van der Waals surface area contributed by atoms with E-state index in [1.807, 2.05) is 0 Å². The lowest BCUT2D eigenvalue weighted by Gasteiger charge is -2.41. The first-order valence-corrected chi connectivity index (χ1v) is 9.62. The fourth-order valence-electron chi connectivity index (χ4n) is 2.54. The Balaban J connectivity index is 3.67. The maximum atomic E-state index is 14.3. The van der Waals surface area contributed by atoms with Gasteiger partial charge in [-0.2, -0.15) is 13.2 Å². The van der Waals surface area contributed by atoms with Crippen LogP contribution in [0.15, 0.2) is 36.4 Å². The highest BCUT2D eigenvalue weighted by Crippen LogP contribution is 2.67. The third-order valence-electron chi connectivity index (χ3n) is 3.54. The van der Waals surface area contributed by atoms with Crippen molar-refractivity contribution in [3.05, 3.63) is 36.4 Å². The zero-order valence-corrected chi connectivity index (χ0v) is 16.2. The highest BCUT2D eigenvalue weighted by atomic mass is 31.2. The summed E-state index contributed by atoms with van der Waals surface area (Å²) in [5, 5.41) is -0.638. The first-order chi connectivity index (χ1) is 12.1. The van der Waals surface area contributed by atoms with Crippen molar-refractivity contribution >= 4 is 13.3 Å². The number of nitrogens with one attached hydrogen (secondary N) is 1. The smallest absolute Gasteiger partial charge is 0.423 e. The molecule has 0 spiro atoms. The zero-order chi connectivity index (χ0) is 20.0. The lowest BCUT2D eigenvalue weighted by Crippen LogP contribution is -2.52. The van der Waals surface area contributed by atoms with E-state index in [1.54, 1.807) is 12.1 Å². The van der Waals surface area contributed by atoms with Crippen LogP contribution in [0.4, 0.5) is 18.9 Å². The number of halogens is 3. The Kier molecular flexibility index (Phi) is 7.74. The van der Waals surface area contributed by atoms with Gasteiger partial charge in [-0.3, -0.25) is 4.57 Å². The van der Waals surface area contributed by atoms with Gasteiger partial charge in [-0.25, -0.2) is 0 Å². The van der Waals surface area contributed by atoms with E-state index >= 15 is 0 Å². The molecule has 0 bridgehead atoms. The average molecular weight is 395 g/mol. The van der Waals surface area contributed by atoms with Crippen LogP contribution in [0, 0.1) is 0 Å². The van der Waals surface area contributed by atoms with Crippen LogP contribution in [0.1, 0.15) is 27.2 Å². The van der Waals surface area contributed by atoms with Crippen LogP contribution < -0.4 is 10.1 Å². The second-order valence-electron chi connectivity index (χ2n) is 5.65. The Hall–Kier alpha value is -1.50. The van der Waals surface area contributed by atoms with Crippen LogP contribution in [0.3, 0.4) is 0 Å². The summed E-state index contributed by atoms with van der Waals surface area (Å²) < 4.78 is 71.6. The number of benzene rings is 1. The van der Waals surface area contributed by atoms with Crippen LogP contribution in [-0.4, -0.2) is 31.8 Å². The summed E-state index contributed by atoms with van der Waals surface area (Å²) in [5.41, 5.74) is 0.192. The third-order valence-corrected chi connectivity index (χ3v) is 6.20. The molecule has 1 unspecified atom stereocenters. The molecule has 0 aliphatic carbocycles. The van der Waals surface area contributed by atoms with Gasteiger partial charge in [-0.15, -0.1) is 6.58 Å². The second-order valence-corrected chi connectivity index (χ2v) is 7.92. The highest BCUT2D eigenvalue weighted by Gasteiger charge is 2.68. The molecule has 0 aromatic heterocycles. The van der Waals surface area contributed by atoms with E-state index in [2.05, 4.69) is 11.9 Å². The second kappa shape index (κ2) is 8.93. The van der Waals surface area contributed by atoms with Gasteiger partial charge in [0.25, 0.3) is 0 Å². The molecule has 0 amide bonds. The Labute approximate surface area is 152 Å². The van der Waals surface area contributed by atoms with Crippen molar-refractivity contribution in [3.8, 4) is 5.75 Å². The van der Waals surface area contributed by atoms with Gasteiger partial charge in [0.05, 0.1) is 26.0 Å². The summed E-state index contributed by atoms with van der Waals surface area (Å²) in [5.74, 6) is 0.169. The number of alkyl halides is 3. The minimum absolute atomic E-state index is 0.0215. The Morgan fingerprint density at radius 2 is 1.73 bits per heavy atom. The lowest BCUT2D eigenvalue weighted by atomic mass is 10.1. The van der Waals surface area contributed by atoms with Gasteiger partial charge in [0, 0.05) is 6.42 Å². The largest absolute Gasteiger partial charge is 0.495 e. The fraction of sp³-hybridized carbons (Fsp3) is 0.529. The molecule has 1 aromatic carbocycles. The predicted molar refractivity (Wildman–Crippen MR) is 95.7 cm³/mol. The minimum atomic E-state index is -4.97. The van der Waals surface area contributed by atoms with E-state index in [9.17, 15) is 17.7 Å². The quantitative estimate of drug-likeness (QED) is 0.413. The van der Waals surface area contributed by atoms with Gasteiger partial charge in [0.15, 0.2) is 0 Å². The molecule has 0 saturated carbocycles. The average Bonchev–Trinajstić information content (AvgIpc) is 2.53. The maximum absolute atomic E-state index is 14.3. The van der Waals surface area contributed by atoms with Gasteiger partial charge >= 0.3 is 13.8 Å². The molecule has 0 saturated heterocycles. The molecular weight excluding hydrogens is 370 g/mol. The molecule has 0 aliphatic rings. The third kappa shape index (κ3) is 4.61. The first kappa shape index (κ1) is 22.5. The number of rotatable bonds is 10. The normalized spacial score (nSPS) is 14.6. The molecule has 9 heteroatoms. The summed E-state index contributed by atoms with van der Waals surface area (Å²) >= 11 is 0. The van der Waals surface area contributed by atoms with Crippen molar-refractivity contribution in [2.24, 2.45) is 0 Å². The van der Waals surface area contributed by atoms with Gasteiger partial charge in [-0.05, 0) is 32.9 Å². The van der Waals surface area contributed by atoms with Gasteiger partial charge in [-0.1, -0.05) is 17.7 Å². The molecule has 1 aromatic rings. The number of hydrogen-bond acceptors (Lipinski definition) is 5. The fourth-order valence-corrected chi connectivity index (χ4v) is 4.77. The summed E-state index contributed by atoms with van der Waals surface area (Å²) in [7, 11) is -3.35. The van der Waals surface area contributed by atoms with E-state index in [4.69, 9.17) is 13.8 Å². The van der Waals surface area contributed by atoms with Gasteiger partial charge in [0.2, 0.25) is 5.28 Å². The summed E-state index contributed by atoms with van der Waals surface area (Å²) in [4.78, 5) is 0. The van der Waals surface area contributed by atoms with Crippen LogP contribution in [0.2, 0.25) is 0 Å². The van der Waals surface area contributed by atoms with Gasteiger partial charge in [0.1, 0.15) is 5.75 Å². The monoisotopic (exact) mass is 395 g/mol. The van der Waals surface area contributed by atoms with Crippen molar-refractivity contribution in [2.75, 3.05) is 25.6 Å². The van der Waals surface area contributed by atoms with E-state index in [1.165, 1.54) is 40.0 Å². The summed E-state index contributed by atoms with van der Waals surface area (Å²) in [6.07, 6.45) is -5.65. The van der Waals surface area contributed by atoms with Crippen LogP contribution in [-0.2, 0) is 13.6 Å². The molecule has 0 radical (unpaired) electrons. The van der Waals surface area contributed by atoms with Crippen LogP contribution >= 0.6 is 7.60 Å². The molecule has 0 fully saturated rings. The van der Waals surface area contributed by atoms with Crippen LogP contribution in [0.25, 0.3) is 0 Å². The first-order valence-electron chi connectivity index (χ1n) is 8.08. The van der Waals surface area contributed by atoms with Crippen molar-refractivity contribution in [2.45, 2.75) is 38.6 Å². The molecule has 26 heavy (non-hydrogen) atoms. The van der Waals surface area contributed by atoms with Crippen molar-refractivity contribution < 1.29 is 31.5 Å². The minimum Gasteiger partial charge on any atom is -0.495 e. The molecule has 1 N–H and O–H groups in total. The summed E-state index contributed by atoms with van der Waals surface area (Å²) in [6, 6.07) is 6.05. The topological polar surface area (TPSA) is 56.8 Å². The van der Waals surface area contributed by atoms with E-state index in [0.29, 0.717) is 0 Å². The summed E-state index contributed by atoms with van der Waals surface area (Å²) in [6.45, 7) is 7.48. The molecule has 1 atom stereocenters. The standard InChI is InChI=1S/C17H25F3NO4P/c1-6-24-26(22,25-7-2)16(12-13(3)4,17(18,19)20)21-14-10-8-9-11-15(14)23-5/h8-11,21H,3,6-7,12H2,1-2,4-5H3. The molecular formula is C17H25F3NO4P. The molecule has 5 nitrogen and oxygen atoms in total. The number of hydrogen-bond donors (Lipinski definition) is 1. The number of ether oxygens (including phenoxy) is 1. The number of methoxy groups -OCH3 is 1. The molecule has 0 aliphatic heterocycles. The van der Waals surface area contributed by atoms with E-state index in [0.717, 1.165) is 0 Å². The molecule has 1 rings (SSSR count). The van der Waals surface area contributed by atoms with Crippen molar-refractivity contribution in [3.63, 3.8) is 0 Å². The van der Waals surface area contributed by atoms with Crippen molar-refractivity contribution in [1.29, 1.82) is 0 Å². The highest BCUT2D eigenvalue weighted by molar-refractivity contribution is 7.56. The van der Waals surface area contributed by atoms with Crippen LogP contribution in [0.5, 0.6) is 5.75 Å². The lowest BCUT2D eigenvalue weighted by molar-refractivity contribution is -0.160. The Morgan fingerprint density at radius 1 is 1.19 bits per heavy atom. The zero-order valence-electron chi connectivity index (χ0n) is 15.4. The van der Waals surface area contributed by atoms with E-state index in [-0.39, 0.29) is 30.2 Å². The maximum Gasteiger partial charge on any atom is 0.423 e. The number of anilines is 1. The molecule has 148 valence electrons. The van der Waals surface area contributed by atoms with Gasteiger partial charge < -0.3 is 19.1 Å². The molecule has 0 heterocycles.